The molecule has 1 fully saturated rings. The van der Waals surface area contributed by atoms with Gasteiger partial charge in [0, 0.05) is 29.8 Å². The first kappa shape index (κ1) is 20.3. The number of carbonyl (C=O) groups excluding carboxylic acids is 3. The van der Waals surface area contributed by atoms with Crippen molar-refractivity contribution in [1.29, 1.82) is 0 Å². The van der Waals surface area contributed by atoms with Crippen molar-refractivity contribution >= 4 is 29.0 Å². The van der Waals surface area contributed by atoms with Gasteiger partial charge in [0.2, 0.25) is 5.91 Å². The summed E-state index contributed by atoms with van der Waals surface area (Å²) < 4.78 is 0. The van der Waals surface area contributed by atoms with E-state index in [0.29, 0.717) is 22.5 Å². The Morgan fingerprint density at radius 1 is 1.07 bits per heavy atom. The van der Waals surface area contributed by atoms with Gasteiger partial charge in [-0.25, -0.2) is 0 Å². The number of rotatable bonds is 5. The highest BCUT2D eigenvalue weighted by Crippen LogP contribution is 2.42. The number of nitrogens with one attached hydrogen (secondary N) is 1. The molecule has 0 radical (unpaired) electrons. The Hall–Kier alpha value is -2.99. The third-order valence-electron chi connectivity index (χ3n) is 6.24. The van der Waals surface area contributed by atoms with E-state index in [1.54, 1.807) is 55.6 Å². The van der Waals surface area contributed by atoms with E-state index in [9.17, 15) is 19.5 Å². The monoisotopic (exact) mass is 406 g/mol. The average molecular weight is 406 g/mol. The average Bonchev–Trinajstić information content (AvgIpc) is 2.96. The lowest BCUT2D eigenvalue weighted by atomic mass is 9.88. The SMILES string of the molecule is CN1C(=O)C(O)(CC(=O)c2ccc(NC(=O)C3CCCCC3)cc2)c2ccccc21. The molecule has 2 aromatic rings. The summed E-state index contributed by atoms with van der Waals surface area (Å²) >= 11 is 0. The fourth-order valence-electron chi connectivity index (χ4n) is 4.47. The minimum Gasteiger partial charge on any atom is -0.375 e. The molecule has 2 N–H and O–H groups in total. The van der Waals surface area contributed by atoms with Crippen molar-refractivity contribution in [3.05, 3.63) is 59.7 Å². The molecule has 1 unspecified atom stereocenters. The summed E-state index contributed by atoms with van der Waals surface area (Å²) in [5.74, 6) is -0.756. The van der Waals surface area contributed by atoms with Crippen molar-refractivity contribution in [1.82, 2.24) is 0 Å². The Morgan fingerprint density at radius 2 is 1.73 bits per heavy atom. The first-order chi connectivity index (χ1) is 14.4. The number of carbonyl (C=O) groups is 3. The lowest BCUT2D eigenvalue weighted by Gasteiger charge is -2.21. The predicted octanol–water partition coefficient (Wildman–Crippen LogP) is 3.64. The van der Waals surface area contributed by atoms with E-state index in [4.69, 9.17) is 0 Å². The Balaban J connectivity index is 1.45. The standard InChI is InChI=1S/C24H26N2O4/c1-26-20-10-6-5-9-19(20)24(30,23(26)29)15-21(27)16-11-13-18(14-12-16)25-22(28)17-7-3-2-4-8-17/h5-6,9-14,17,30H,2-4,7-8,15H2,1H3,(H,25,28). The minimum atomic E-state index is -1.86. The van der Waals surface area contributed by atoms with Crippen molar-refractivity contribution in [2.75, 3.05) is 17.3 Å². The van der Waals surface area contributed by atoms with Gasteiger partial charge in [-0.15, -0.1) is 0 Å². The first-order valence-corrected chi connectivity index (χ1v) is 10.4. The number of hydrogen-bond donors (Lipinski definition) is 2. The molecule has 1 heterocycles. The molecule has 1 atom stereocenters. The molecule has 2 amide bonds. The van der Waals surface area contributed by atoms with Gasteiger partial charge in [0.05, 0.1) is 12.1 Å². The zero-order valence-electron chi connectivity index (χ0n) is 17.1. The number of hydrogen-bond acceptors (Lipinski definition) is 4. The van der Waals surface area contributed by atoms with Crippen LogP contribution in [0.15, 0.2) is 48.5 Å². The number of likely N-dealkylation sites (N-methyl/N-ethyl adjacent to an activating group) is 1. The van der Waals surface area contributed by atoms with Gasteiger partial charge in [-0.05, 0) is 43.2 Å². The topological polar surface area (TPSA) is 86.7 Å². The van der Waals surface area contributed by atoms with Gasteiger partial charge in [-0.1, -0.05) is 37.5 Å². The summed E-state index contributed by atoms with van der Waals surface area (Å²) in [5.41, 5.74) is 0.221. The summed E-state index contributed by atoms with van der Waals surface area (Å²) in [6, 6.07) is 13.6. The summed E-state index contributed by atoms with van der Waals surface area (Å²) in [5, 5.41) is 14.0. The van der Waals surface area contributed by atoms with Crippen LogP contribution in [0.1, 0.15) is 54.4 Å². The van der Waals surface area contributed by atoms with Crippen LogP contribution in [-0.2, 0) is 15.2 Å². The molecule has 6 heteroatoms. The Bertz CT molecular complexity index is 979. The maximum Gasteiger partial charge on any atom is 0.263 e. The molecule has 2 aliphatic rings. The molecule has 2 aromatic carbocycles. The molecule has 1 saturated carbocycles. The third-order valence-corrected chi connectivity index (χ3v) is 6.24. The van der Waals surface area contributed by atoms with E-state index in [1.807, 2.05) is 0 Å². The maximum atomic E-state index is 12.8. The van der Waals surface area contributed by atoms with Crippen molar-refractivity contribution < 1.29 is 19.5 Å². The fraction of sp³-hybridized carbons (Fsp3) is 0.375. The Morgan fingerprint density at radius 3 is 2.43 bits per heavy atom. The molecule has 0 saturated heterocycles. The summed E-state index contributed by atoms with van der Waals surface area (Å²) in [7, 11) is 1.59. The molecular formula is C24H26N2O4. The number of aliphatic hydroxyl groups is 1. The van der Waals surface area contributed by atoms with Crippen LogP contribution in [0.3, 0.4) is 0 Å². The van der Waals surface area contributed by atoms with Gasteiger partial charge < -0.3 is 15.3 Å². The van der Waals surface area contributed by atoms with E-state index in [-0.39, 0.29) is 24.0 Å². The van der Waals surface area contributed by atoms with Gasteiger partial charge in [-0.2, -0.15) is 0 Å². The molecule has 1 aliphatic heterocycles. The number of ketones is 1. The number of amides is 2. The number of Topliss-reactive ketones (excluding diaryl/α,β-unsaturated/α-hetero) is 1. The molecule has 30 heavy (non-hydrogen) atoms. The fourth-order valence-corrected chi connectivity index (χ4v) is 4.47. The van der Waals surface area contributed by atoms with Gasteiger partial charge in [0.1, 0.15) is 0 Å². The van der Waals surface area contributed by atoms with Gasteiger partial charge in [0.15, 0.2) is 11.4 Å². The second-order valence-corrected chi connectivity index (χ2v) is 8.24. The van der Waals surface area contributed by atoms with Gasteiger partial charge in [0.25, 0.3) is 5.91 Å². The van der Waals surface area contributed by atoms with Crippen LogP contribution in [0.5, 0.6) is 0 Å². The molecule has 156 valence electrons. The largest absolute Gasteiger partial charge is 0.375 e. The van der Waals surface area contributed by atoms with Crippen LogP contribution in [-0.4, -0.2) is 29.8 Å². The maximum absolute atomic E-state index is 12.8. The van der Waals surface area contributed by atoms with E-state index in [0.717, 1.165) is 25.7 Å². The molecule has 1 aliphatic carbocycles. The van der Waals surface area contributed by atoms with Gasteiger partial charge in [-0.3, -0.25) is 14.4 Å². The van der Waals surface area contributed by atoms with Crippen LogP contribution in [0.2, 0.25) is 0 Å². The van der Waals surface area contributed by atoms with Crippen LogP contribution < -0.4 is 10.2 Å². The van der Waals surface area contributed by atoms with Crippen LogP contribution in [0.25, 0.3) is 0 Å². The number of fused-ring (bicyclic) bond motifs is 1. The number of benzene rings is 2. The van der Waals surface area contributed by atoms with Crippen LogP contribution in [0, 0.1) is 5.92 Å². The highest BCUT2D eigenvalue weighted by atomic mass is 16.3. The molecular weight excluding hydrogens is 380 g/mol. The van der Waals surface area contributed by atoms with E-state index in [1.165, 1.54) is 11.3 Å². The Kier molecular flexibility index (Phi) is 5.43. The summed E-state index contributed by atoms with van der Waals surface area (Å²) in [6.45, 7) is 0. The number of para-hydroxylation sites is 1. The van der Waals surface area contributed by atoms with Gasteiger partial charge >= 0.3 is 0 Å². The molecule has 0 bridgehead atoms. The molecule has 0 spiro atoms. The molecule has 4 rings (SSSR count). The van der Waals surface area contributed by atoms with Crippen molar-refractivity contribution in [3.63, 3.8) is 0 Å². The van der Waals surface area contributed by atoms with E-state index in [2.05, 4.69) is 5.32 Å². The van der Waals surface area contributed by atoms with Crippen molar-refractivity contribution in [3.8, 4) is 0 Å². The molecule has 6 nitrogen and oxygen atoms in total. The highest BCUT2D eigenvalue weighted by molar-refractivity contribution is 6.10. The minimum absolute atomic E-state index is 0.0271. The Labute approximate surface area is 175 Å². The lowest BCUT2D eigenvalue weighted by Crippen LogP contribution is -2.40. The summed E-state index contributed by atoms with van der Waals surface area (Å²) in [6.07, 6.45) is 4.88. The highest BCUT2D eigenvalue weighted by Gasteiger charge is 2.49. The lowest BCUT2D eigenvalue weighted by molar-refractivity contribution is -0.135. The van der Waals surface area contributed by atoms with Crippen molar-refractivity contribution in [2.45, 2.75) is 44.1 Å². The van der Waals surface area contributed by atoms with E-state index >= 15 is 0 Å². The van der Waals surface area contributed by atoms with Crippen LogP contribution >= 0.6 is 0 Å². The van der Waals surface area contributed by atoms with Crippen molar-refractivity contribution in [2.24, 2.45) is 5.92 Å². The summed E-state index contributed by atoms with van der Waals surface area (Å²) in [4.78, 5) is 39.3. The van der Waals surface area contributed by atoms with E-state index < -0.39 is 11.5 Å². The quantitative estimate of drug-likeness (QED) is 0.742. The molecule has 0 aromatic heterocycles. The zero-order chi connectivity index (χ0) is 21.3. The number of anilines is 2. The smallest absolute Gasteiger partial charge is 0.263 e. The van der Waals surface area contributed by atoms with Crippen LogP contribution in [0.4, 0.5) is 11.4 Å². The first-order valence-electron chi connectivity index (χ1n) is 10.4. The normalized spacial score (nSPS) is 21.4. The second kappa shape index (κ2) is 8.03. The third kappa shape index (κ3) is 3.63. The zero-order valence-corrected chi connectivity index (χ0v) is 17.1. The number of nitrogens with zero attached hydrogens (tertiary/aromatic N) is 1. The second-order valence-electron chi connectivity index (χ2n) is 8.24. The predicted molar refractivity (Wildman–Crippen MR) is 114 cm³/mol.